The smallest absolute Gasteiger partial charge is 0.137 e. The zero-order valence-corrected chi connectivity index (χ0v) is 15.2. The van der Waals surface area contributed by atoms with Gasteiger partial charge < -0.3 is 5.11 Å². The number of benzene rings is 1. The highest BCUT2D eigenvalue weighted by molar-refractivity contribution is 7.99. The predicted molar refractivity (Wildman–Crippen MR) is 96.5 cm³/mol. The van der Waals surface area contributed by atoms with Crippen LogP contribution in [-0.2, 0) is 4.79 Å². The second-order valence-electron chi connectivity index (χ2n) is 8.03. The van der Waals surface area contributed by atoms with Crippen molar-refractivity contribution in [3.8, 4) is 0 Å². The lowest BCUT2D eigenvalue weighted by Crippen LogP contribution is -2.33. The van der Waals surface area contributed by atoms with Gasteiger partial charge in [0, 0.05) is 23.3 Å². The van der Waals surface area contributed by atoms with Gasteiger partial charge in [-0.05, 0) is 42.6 Å². The Balaban J connectivity index is 1.76. The first-order valence-corrected chi connectivity index (χ1v) is 9.78. The number of hydrogen-bond donors (Lipinski definition) is 1. The molecule has 1 aromatic rings. The number of Topliss-reactive ketones (excluding diaryl/α,β-unsaturated/α-hetero) is 1. The summed E-state index contributed by atoms with van der Waals surface area (Å²) in [5.41, 5.74) is 1.57. The molecule has 1 aromatic carbocycles. The molecule has 3 rings (SSSR count). The lowest BCUT2D eigenvalue weighted by atomic mass is 9.71. The van der Waals surface area contributed by atoms with Crippen molar-refractivity contribution in [1.29, 1.82) is 0 Å². The minimum Gasteiger partial charge on any atom is -0.393 e. The van der Waals surface area contributed by atoms with E-state index in [4.69, 9.17) is 0 Å². The molecule has 0 saturated heterocycles. The summed E-state index contributed by atoms with van der Waals surface area (Å²) in [6.45, 7) is 6.45. The molecule has 0 unspecified atom stereocenters. The second kappa shape index (κ2) is 6.25. The zero-order valence-electron chi connectivity index (χ0n) is 14.4. The van der Waals surface area contributed by atoms with Crippen molar-refractivity contribution >= 4 is 17.5 Å². The highest BCUT2D eigenvalue weighted by atomic mass is 32.2. The third-order valence-electron chi connectivity index (χ3n) is 6.34. The molecule has 0 radical (unpaired) electrons. The first-order valence-electron chi connectivity index (χ1n) is 8.73. The minimum atomic E-state index is -0.306. The Bertz CT molecular complexity index is 566. The maximum Gasteiger partial charge on any atom is 0.137 e. The fraction of sp³-hybridized carbons (Fsp3) is 0.650. The van der Waals surface area contributed by atoms with E-state index >= 15 is 0 Å². The van der Waals surface area contributed by atoms with Crippen LogP contribution >= 0.6 is 11.8 Å². The molecule has 2 fully saturated rings. The van der Waals surface area contributed by atoms with E-state index in [0.717, 1.165) is 25.0 Å². The van der Waals surface area contributed by atoms with Crippen LogP contribution in [0.2, 0.25) is 0 Å². The quantitative estimate of drug-likeness (QED) is 0.825. The molecular weight excluding hydrogens is 304 g/mol. The van der Waals surface area contributed by atoms with Crippen LogP contribution in [0.25, 0.3) is 0 Å². The summed E-state index contributed by atoms with van der Waals surface area (Å²) in [7, 11) is 0. The van der Waals surface area contributed by atoms with Crippen molar-refractivity contribution in [3.05, 3.63) is 35.9 Å². The molecule has 3 heteroatoms. The van der Waals surface area contributed by atoms with Crippen molar-refractivity contribution in [1.82, 2.24) is 0 Å². The van der Waals surface area contributed by atoms with Crippen molar-refractivity contribution in [2.75, 3.05) is 5.75 Å². The standard InChI is InChI=1S/C20H28O2S/c1-14(21)11-18(15-7-5-4-6-8-15)23-13-20-10-9-16(17(22)12-20)19(20,2)3/h4-8,14,16,18,21H,9-13H2,1-3H3/t14-,16+,18-,20-/m0/s1. The van der Waals surface area contributed by atoms with E-state index in [1.54, 1.807) is 0 Å². The van der Waals surface area contributed by atoms with E-state index < -0.39 is 0 Å². The lowest BCUT2D eigenvalue weighted by Gasteiger charge is -2.38. The minimum absolute atomic E-state index is 0.128. The average molecular weight is 333 g/mol. The number of carbonyl (C=O) groups excluding carboxylic acids is 1. The number of aliphatic hydroxyl groups is 1. The van der Waals surface area contributed by atoms with Crippen LogP contribution in [0.5, 0.6) is 0 Å². The largest absolute Gasteiger partial charge is 0.393 e. The Kier molecular flexibility index (Phi) is 4.63. The molecule has 4 atom stereocenters. The lowest BCUT2D eigenvalue weighted by molar-refractivity contribution is -0.122. The van der Waals surface area contributed by atoms with E-state index in [0.29, 0.717) is 11.0 Å². The molecule has 2 aliphatic carbocycles. The first-order chi connectivity index (χ1) is 10.9. The number of rotatable bonds is 6. The Hall–Kier alpha value is -0.800. The molecule has 0 aromatic heterocycles. The van der Waals surface area contributed by atoms with Crippen LogP contribution in [-0.4, -0.2) is 22.7 Å². The Morgan fingerprint density at radius 1 is 1.30 bits per heavy atom. The molecule has 0 spiro atoms. The molecule has 0 heterocycles. The summed E-state index contributed by atoms with van der Waals surface area (Å²) in [4.78, 5) is 12.3. The van der Waals surface area contributed by atoms with Gasteiger partial charge in [0.25, 0.3) is 0 Å². The molecule has 2 aliphatic rings. The van der Waals surface area contributed by atoms with Crippen LogP contribution < -0.4 is 0 Å². The Morgan fingerprint density at radius 2 is 2.00 bits per heavy atom. The van der Waals surface area contributed by atoms with Gasteiger partial charge in [-0.25, -0.2) is 0 Å². The van der Waals surface area contributed by atoms with Gasteiger partial charge in [0.1, 0.15) is 5.78 Å². The molecule has 1 N–H and O–H groups in total. The summed E-state index contributed by atoms with van der Waals surface area (Å²) in [5, 5.41) is 10.2. The van der Waals surface area contributed by atoms with Crippen LogP contribution in [0, 0.1) is 16.7 Å². The maximum absolute atomic E-state index is 12.3. The molecule has 23 heavy (non-hydrogen) atoms. The number of ketones is 1. The number of thioether (sulfide) groups is 1. The van der Waals surface area contributed by atoms with Crippen LogP contribution in [0.4, 0.5) is 0 Å². The predicted octanol–water partition coefficient (Wildman–Crippen LogP) is 4.63. The fourth-order valence-electron chi connectivity index (χ4n) is 4.66. The third kappa shape index (κ3) is 2.98. The van der Waals surface area contributed by atoms with Crippen LogP contribution in [0.15, 0.2) is 30.3 Å². The molecule has 2 bridgehead atoms. The molecule has 0 amide bonds. The molecule has 2 saturated carbocycles. The zero-order chi connectivity index (χ0) is 16.7. The van der Waals surface area contributed by atoms with E-state index in [2.05, 4.69) is 38.1 Å². The van der Waals surface area contributed by atoms with Crippen molar-refractivity contribution in [3.63, 3.8) is 0 Å². The highest BCUT2D eigenvalue weighted by Gasteiger charge is 2.62. The topological polar surface area (TPSA) is 37.3 Å². The Labute approximate surface area is 144 Å². The third-order valence-corrected chi connectivity index (χ3v) is 7.92. The SMILES string of the molecule is C[C@H](O)C[C@H](SC[C@]12CC[C@H](C(=O)C1)C2(C)C)c1ccccc1. The fourth-order valence-corrected chi connectivity index (χ4v) is 6.56. The monoisotopic (exact) mass is 332 g/mol. The number of fused-ring (bicyclic) bond motifs is 2. The van der Waals surface area contributed by atoms with E-state index in [1.165, 1.54) is 12.0 Å². The van der Waals surface area contributed by atoms with Gasteiger partial charge in [-0.3, -0.25) is 4.79 Å². The van der Waals surface area contributed by atoms with Crippen LogP contribution in [0.1, 0.15) is 57.3 Å². The van der Waals surface area contributed by atoms with Crippen LogP contribution in [0.3, 0.4) is 0 Å². The second-order valence-corrected chi connectivity index (χ2v) is 9.22. The van der Waals surface area contributed by atoms with Gasteiger partial charge >= 0.3 is 0 Å². The van der Waals surface area contributed by atoms with Crippen molar-refractivity contribution < 1.29 is 9.90 Å². The first kappa shape index (κ1) is 17.0. The summed E-state index contributed by atoms with van der Waals surface area (Å²) in [6.07, 6.45) is 3.47. The molecule has 0 aliphatic heterocycles. The van der Waals surface area contributed by atoms with Gasteiger partial charge in [0.2, 0.25) is 0 Å². The molecule has 126 valence electrons. The van der Waals surface area contributed by atoms with Gasteiger partial charge in [0.15, 0.2) is 0 Å². The van der Waals surface area contributed by atoms with Gasteiger partial charge in [0.05, 0.1) is 6.10 Å². The van der Waals surface area contributed by atoms with Gasteiger partial charge in [-0.2, -0.15) is 11.8 Å². The Morgan fingerprint density at radius 3 is 2.52 bits per heavy atom. The van der Waals surface area contributed by atoms with E-state index in [9.17, 15) is 9.90 Å². The summed E-state index contributed by atoms with van der Waals surface area (Å²) in [5.74, 6) is 1.78. The summed E-state index contributed by atoms with van der Waals surface area (Å²) >= 11 is 1.94. The van der Waals surface area contributed by atoms with E-state index in [1.807, 2.05) is 24.8 Å². The number of aliphatic hydroxyl groups excluding tert-OH is 1. The van der Waals surface area contributed by atoms with Gasteiger partial charge in [-0.15, -0.1) is 0 Å². The average Bonchev–Trinajstić information content (AvgIpc) is 2.86. The normalized spacial score (nSPS) is 31.3. The number of carbonyl (C=O) groups is 1. The van der Waals surface area contributed by atoms with E-state index in [-0.39, 0.29) is 22.9 Å². The van der Waals surface area contributed by atoms with Gasteiger partial charge in [-0.1, -0.05) is 44.2 Å². The summed E-state index contributed by atoms with van der Waals surface area (Å²) in [6, 6.07) is 10.5. The maximum atomic E-state index is 12.3. The highest BCUT2D eigenvalue weighted by Crippen LogP contribution is 2.65. The van der Waals surface area contributed by atoms with Crippen molar-refractivity contribution in [2.45, 2.75) is 57.8 Å². The number of hydrogen-bond acceptors (Lipinski definition) is 3. The molecular formula is C20H28O2S. The van der Waals surface area contributed by atoms with Crippen molar-refractivity contribution in [2.24, 2.45) is 16.7 Å². The molecule has 2 nitrogen and oxygen atoms in total. The summed E-state index contributed by atoms with van der Waals surface area (Å²) < 4.78 is 0.